The minimum absolute atomic E-state index is 0.0551. The van der Waals surface area contributed by atoms with Crippen LogP contribution in [-0.2, 0) is 16.1 Å². The van der Waals surface area contributed by atoms with E-state index in [-0.39, 0.29) is 49.1 Å². The first kappa shape index (κ1) is 28.1. The zero-order chi connectivity index (χ0) is 28.9. The molecule has 42 heavy (non-hydrogen) atoms. The molecule has 0 spiro atoms. The van der Waals surface area contributed by atoms with Gasteiger partial charge in [-0.05, 0) is 67.3 Å². The molecule has 220 valence electrons. The maximum Gasteiger partial charge on any atom is 0.319 e. The first-order valence-corrected chi connectivity index (χ1v) is 14.8. The number of urea groups is 1. The maximum atomic E-state index is 12.9. The van der Waals surface area contributed by atoms with Crippen molar-refractivity contribution >= 4 is 17.6 Å². The average Bonchev–Trinajstić information content (AvgIpc) is 3.64. The third kappa shape index (κ3) is 6.69. The van der Waals surface area contributed by atoms with E-state index in [2.05, 4.69) is 16.0 Å². The molecule has 2 heterocycles. The molecule has 3 aliphatic rings. The lowest BCUT2D eigenvalue weighted by Gasteiger charge is -2.37. The molecular weight excluding hydrogens is 534 g/mol. The molecule has 3 aromatic rings. The van der Waals surface area contributed by atoms with Gasteiger partial charge in [-0.25, -0.2) is 4.79 Å². The number of amides is 3. The van der Waals surface area contributed by atoms with Crippen LogP contribution in [0.15, 0.2) is 72.8 Å². The van der Waals surface area contributed by atoms with E-state index in [1.54, 1.807) is 0 Å². The number of hydrogen-bond acceptors (Lipinski definition) is 6. The van der Waals surface area contributed by atoms with Gasteiger partial charge < -0.3 is 35.3 Å². The van der Waals surface area contributed by atoms with E-state index in [0.29, 0.717) is 18.7 Å². The fraction of sp³-hybridized carbons (Fsp3) is 0.394. The van der Waals surface area contributed by atoms with Gasteiger partial charge in [-0.1, -0.05) is 43.2 Å². The summed E-state index contributed by atoms with van der Waals surface area (Å²) in [6.45, 7) is 0.177. The zero-order valence-corrected chi connectivity index (χ0v) is 23.5. The van der Waals surface area contributed by atoms with Crippen molar-refractivity contribution in [2.45, 2.75) is 75.3 Å². The van der Waals surface area contributed by atoms with Crippen LogP contribution in [-0.4, -0.2) is 48.0 Å². The highest BCUT2D eigenvalue weighted by Gasteiger charge is 2.46. The lowest BCUT2D eigenvalue weighted by atomic mass is 9.84. The van der Waals surface area contributed by atoms with Crippen LogP contribution in [0.5, 0.6) is 17.2 Å². The Balaban J connectivity index is 1.03. The van der Waals surface area contributed by atoms with Gasteiger partial charge >= 0.3 is 6.03 Å². The van der Waals surface area contributed by atoms with Crippen molar-refractivity contribution in [3.05, 3.63) is 83.9 Å². The minimum atomic E-state index is -0.548. The summed E-state index contributed by atoms with van der Waals surface area (Å²) in [7, 11) is 0. The molecule has 0 bridgehead atoms. The van der Waals surface area contributed by atoms with Crippen molar-refractivity contribution in [1.82, 2.24) is 10.6 Å². The maximum absolute atomic E-state index is 12.9. The van der Waals surface area contributed by atoms with E-state index in [0.717, 1.165) is 54.1 Å². The van der Waals surface area contributed by atoms with Gasteiger partial charge in [0.25, 0.3) is 0 Å². The van der Waals surface area contributed by atoms with Crippen molar-refractivity contribution in [1.29, 1.82) is 0 Å². The van der Waals surface area contributed by atoms with Crippen LogP contribution < -0.4 is 25.4 Å². The average molecular weight is 572 g/mol. The molecule has 2 fully saturated rings. The molecule has 6 rings (SSSR count). The van der Waals surface area contributed by atoms with Crippen molar-refractivity contribution < 1.29 is 28.9 Å². The van der Waals surface area contributed by atoms with Crippen LogP contribution in [0.25, 0.3) is 0 Å². The molecule has 4 N–H and O–H groups in total. The summed E-state index contributed by atoms with van der Waals surface area (Å²) in [5.74, 6) is 2.03. The van der Waals surface area contributed by atoms with Crippen molar-refractivity contribution in [2.75, 3.05) is 11.9 Å². The Hall–Kier alpha value is -4.08. The SMILES string of the molecule is O=C(C[C@H]1C[C@@H]2c3cc(NC(=O)NC4CCCC4)ccc3O[C@@H]2[C@@H](CO)O1)NCc1ccc(Oc2ccccc2)cc1. The molecule has 9 heteroatoms. The quantitative estimate of drug-likeness (QED) is 0.279. The fourth-order valence-electron chi connectivity index (χ4n) is 6.17. The fourth-order valence-corrected chi connectivity index (χ4v) is 6.17. The molecule has 1 saturated carbocycles. The van der Waals surface area contributed by atoms with E-state index in [1.807, 2.05) is 72.8 Å². The van der Waals surface area contributed by atoms with Gasteiger partial charge in [-0.3, -0.25) is 4.79 Å². The van der Waals surface area contributed by atoms with Gasteiger partial charge in [0.2, 0.25) is 5.91 Å². The predicted molar refractivity (Wildman–Crippen MR) is 158 cm³/mol. The Morgan fingerprint density at radius 3 is 2.48 bits per heavy atom. The number of rotatable bonds is 9. The van der Waals surface area contributed by atoms with Gasteiger partial charge in [0.15, 0.2) is 0 Å². The molecule has 0 aromatic heterocycles. The summed E-state index contributed by atoms with van der Waals surface area (Å²) < 4.78 is 18.1. The number of fused-ring (bicyclic) bond motifs is 3. The molecule has 9 nitrogen and oxygen atoms in total. The second-order valence-corrected chi connectivity index (χ2v) is 11.3. The van der Waals surface area contributed by atoms with Crippen LogP contribution in [0.2, 0.25) is 0 Å². The molecule has 0 radical (unpaired) electrons. The lowest BCUT2D eigenvalue weighted by Crippen LogP contribution is -2.47. The second-order valence-electron chi connectivity index (χ2n) is 11.3. The van der Waals surface area contributed by atoms with E-state index in [9.17, 15) is 14.7 Å². The summed E-state index contributed by atoms with van der Waals surface area (Å²) in [6, 6.07) is 22.8. The monoisotopic (exact) mass is 571 g/mol. The number of anilines is 1. The Labute approximate surface area is 245 Å². The molecule has 1 saturated heterocycles. The third-order valence-corrected chi connectivity index (χ3v) is 8.25. The number of carbonyl (C=O) groups excluding carboxylic acids is 2. The van der Waals surface area contributed by atoms with Crippen LogP contribution in [0.1, 0.15) is 55.6 Å². The number of nitrogens with one attached hydrogen (secondary N) is 3. The summed E-state index contributed by atoms with van der Waals surface area (Å²) in [5, 5.41) is 19.0. The Morgan fingerprint density at radius 2 is 1.71 bits per heavy atom. The summed E-state index contributed by atoms with van der Waals surface area (Å²) >= 11 is 0. The minimum Gasteiger partial charge on any atom is -0.487 e. The second kappa shape index (κ2) is 12.8. The number of carbonyl (C=O) groups is 2. The molecule has 1 aliphatic carbocycles. The first-order valence-electron chi connectivity index (χ1n) is 14.8. The highest BCUT2D eigenvalue weighted by molar-refractivity contribution is 5.89. The van der Waals surface area contributed by atoms with Crippen LogP contribution >= 0.6 is 0 Å². The predicted octanol–water partition coefficient (Wildman–Crippen LogP) is 5.24. The molecule has 4 atom stereocenters. The van der Waals surface area contributed by atoms with Gasteiger partial charge in [0.05, 0.1) is 19.1 Å². The standard InChI is InChI=1S/C33H37N3O6/c37-20-30-32-28(27-16-23(12-15-29(27)42-32)36-33(39)35-22-6-4-5-7-22)17-26(41-30)18-31(38)34-19-21-10-13-25(14-11-21)40-24-8-2-1-3-9-24/h1-3,8-16,22,26,28,30,32,37H,4-7,17-20H2,(H,34,38)(H2,35,36,39)/t26-,28-,30-,32+/m1/s1. The molecule has 0 unspecified atom stereocenters. The normalized spacial score (nSPS) is 22.9. The lowest BCUT2D eigenvalue weighted by molar-refractivity contribution is -0.142. The van der Waals surface area contributed by atoms with Crippen molar-refractivity contribution in [3.8, 4) is 17.2 Å². The van der Waals surface area contributed by atoms with Crippen molar-refractivity contribution in [2.24, 2.45) is 0 Å². The van der Waals surface area contributed by atoms with Crippen LogP contribution in [0.4, 0.5) is 10.5 Å². The molecule has 2 aliphatic heterocycles. The van der Waals surface area contributed by atoms with E-state index in [1.165, 1.54) is 0 Å². The van der Waals surface area contributed by atoms with Crippen LogP contribution in [0, 0.1) is 0 Å². The zero-order valence-electron chi connectivity index (χ0n) is 23.5. The summed E-state index contributed by atoms with van der Waals surface area (Å²) in [6.07, 6.45) is 3.81. The number of benzene rings is 3. The molecule has 3 amide bonds. The summed E-state index contributed by atoms with van der Waals surface area (Å²) in [5.41, 5.74) is 2.61. The highest BCUT2D eigenvalue weighted by atomic mass is 16.6. The van der Waals surface area contributed by atoms with E-state index < -0.39 is 6.10 Å². The van der Waals surface area contributed by atoms with Gasteiger partial charge in [0, 0.05) is 29.8 Å². The number of ether oxygens (including phenoxy) is 3. The topological polar surface area (TPSA) is 118 Å². The number of hydrogen-bond donors (Lipinski definition) is 4. The van der Waals surface area contributed by atoms with E-state index >= 15 is 0 Å². The largest absolute Gasteiger partial charge is 0.487 e. The Morgan fingerprint density at radius 1 is 0.952 bits per heavy atom. The Bertz CT molecular complexity index is 1380. The van der Waals surface area contributed by atoms with Gasteiger partial charge in [-0.15, -0.1) is 0 Å². The van der Waals surface area contributed by atoms with Crippen molar-refractivity contribution in [3.63, 3.8) is 0 Å². The summed E-state index contributed by atoms with van der Waals surface area (Å²) in [4.78, 5) is 25.4. The number of aliphatic hydroxyl groups is 1. The molecular formula is C33H37N3O6. The number of para-hydroxylation sites is 1. The van der Waals surface area contributed by atoms with E-state index in [4.69, 9.17) is 14.2 Å². The van der Waals surface area contributed by atoms with Crippen LogP contribution in [0.3, 0.4) is 0 Å². The van der Waals surface area contributed by atoms with Gasteiger partial charge in [-0.2, -0.15) is 0 Å². The highest BCUT2D eigenvalue weighted by Crippen LogP contribution is 2.47. The number of aliphatic hydroxyl groups excluding tert-OH is 1. The third-order valence-electron chi connectivity index (χ3n) is 8.25. The smallest absolute Gasteiger partial charge is 0.319 e. The van der Waals surface area contributed by atoms with Gasteiger partial charge in [0.1, 0.15) is 29.5 Å². The Kier molecular flexibility index (Phi) is 8.58. The molecule has 3 aromatic carbocycles. The first-order chi connectivity index (χ1) is 20.5.